The molecule has 1 aromatic heterocycles. The highest BCUT2D eigenvalue weighted by Crippen LogP contribution is 2.25. The molecular formula is C19H27N3O3. The highest BCUT2D eigenvalue weighted by molar-refractivity contribution is 5.76. The maximum atomic E-state index is 12.3. The number of imidazole rings is 1. The van der Waals surface area contributed by atoms with Crippen molar-refractivity contribution in [2.45, 2.75) is 51.0 Å². The van der Waals surface area contributed by atoms with Gasteiger partial charge in [0, 0.05) is 25.9 Å². The fourth-order valence-corrected chi connectivity index (χ4v) is 3.72. The van der Waals surface area contributed by atoms with E-state index in [0.29, 0.717) is 13.0 Å². The summed E-state index contributed by atoms with van der Waals surface area (Å²) in [6, 6.07) is 5.83. The predicted molar refractivity (Wildman–Crippen MR) is 97.5 cm³/mol. The summed E-state index contributed by atoms with van der Waals surface area (Å²) < 4.78 is 0. The molecule has 1 amide bonds. The molecule has 0 spiro atoms. The smallest absolute Gasteiger partial charge is 0.323 e. The van der Waals surface area contributed by atoms with Crippen LogP contribution in [-0.4, -0.2) is 45.6 Å². The highest BCUT2D eigenvalue weighted by Gasteiger charge is 2.25. The Hall–Kier alpha value is -2.08. The number of hydrogen-bond acceptors (Lipinski definition) is 3. The zero-order valence-electron chi connectivity index (χ0n) is 14.8. The Morgan fingerprint density at radius 3 is 2.80 bits per heavy atom. The zero-order chi connectivity index (χ0) is 17.8. The molecule has 25 heavy (non-hydrogen) atoms. The van der Waals surface area contributed by atoms with E-state index in [1.807, 2.05) is 25.2 Å². The molecule has 3 rings (SSSR count). The fraction of sp³-hybridized carbons (Fsp3) is 0.579. The van der Waals surface area contributed by atoms with Crippen molar-refractivity contribution < 1.29 is 9.90 Å². The minimum absolute atomic E-state index is 0.133. The first-order valence-electron chi connectivity index (χ1n) is 9.16. The number of aryl methyl sites for hydroxylation is 1. The molecular weight excluding hydrogens is 318 g/mol. The summed E-state index contributed by atoms with van der Waals surface area (Å²) in [5.74, 6) is 0.351. The van der Waals surface area contributed by atoms with Gasteiger partial charge in [0.15, 0.2) is 0 Å². The number of aliphatic hydroxyl groups is 1. The maximum absolute atomic E-state index is 12.3. The van der Waals surface area contributed by atoms with Crippen LogP contribution in [0.5, 0.6) is 0 Å². The van der Waals surface area contributed by atoms with E-state index in [-0.39, 0.29) is 23.6 Å². The van der Waals surface area contributed by atoms with Gasteiger partial charge in [-0.1, -0.05) is 18.9 Å². The molecule has 1 saturated carbocycles. The number of aliphatic hydroxyl groups excluding tert-OH is 1. The van der Waals surface area contributed by atoms with E-state index in [4.69, 9.17) is 0 Å². The summed E-state index contributed by atoms with van der Waals surface area (Å²) >= 11 is 0. The molecule has 1 aliphatic rings. The van der Waals surface area contributed by atoms with E-state index in [0.717, 1.165) is 55.1 Å². The molecule has 1 aromatic carbocycles. The van der Waals surface area contributed by atoms with Crippen molar-refractivity contribution in [3.63, 3.8) is 0 Å². The average Bonchev–Trinajstić information content (AvgIpc) is 2.96. The molecule has 3 N–H and O–H groups in total. The van der Waals surface area contributed by atoms with Gasteiger partial charge in [0.25, 0.3) is 0 Å². The lowest BCUT2D eigenvalue weighted by Gasteiger charge is -2.31. The summed E-state index contributed by atoms with van der Waals surface area (Å²) in [5.41, 5.74) is 2.52. The number of hydrogen-bond donors (Lipinski definition) is 3. The number of carbonyl (C=O) groups is 1. The Bertz CT molecular complexity index is 780. The first-order chi connectivity index (χ1) is 12.0. The topological polar surface area (TPSA) is 89.2 Å². The largest absolute Gasteiger partial charge is 0.393 e. The number of nitrogens with one attached hydrogen (secondary N) is 2. The van der Waals surface area contributed by atoms with Crippen molar-refractivity contribution in [2.24, 2.45) is 5.92 Å². The molecule has 0 saturated heterocycles. The third-order valence-electron chi connectivity index (χ3n) is 5.24. The third kappa shape index (κ3) is 4.51. The normalized spacial score (nSPS) is 20.7. The fourth-order valence-electron chi connectivity index (χ4n) is 3.72. The van der Waals surface area contributed by atoms with Gasteiger partial charge in [-0.15, -0.1) is 0 Å². The molecule has 136 valence electrons. The number of aromatic amines is 2. The number of H-pyrrole nitrogens is 2. The van der Waals surface area contributed by atoms with E-state index in [1.165, 1.54) is 0 Å². The summed E-state index contributed by atoms with van der Waals surface area (Å²) in [5, 5.41) is 10.0. The van der Waals surface area contributed by atoms with Crippen molar-refractivity contribution in [1.29, 1.82) is 0 Å². The van der Waals surface area contributed by atoms with Gasteiger partial charge < -0.3 is 20.0 Å². The molecule has 6 nitrogen and oxygen atoms in total. The van der Waals surface area contributed by atoms with Crippen molar-refractivity contribution in [3.8, 4) is 0 Å². The molecule has 1 aliphatic carbocycles. The van der Waals surface area contributed by atoms with Crippen LogP contribution in [0.2, 0.25) is 0 Å². The van der Waals surface area contributed by atoms with Gasteiger partial charge in [0.1, 0.15) is 0 Å². The first-order valence-corrected chi connectivity index (χ1v) is 9.16. The van der Waals surface area contributed by atoms with Crippen LogP contribution >= 0.6 is 0 Å². The Kier molecular flexibility index (Phi) is 5.58. The molecule has 2 atom stereocenters. The van der Waals surface area contributed by atoms with Gasteiger partial charge in [0.2, 0.25) is 5.91 Å². The second-order valence-electron chi connectivity index (χ2n) is 7.20. The lowest BCUT2D eigenvalue weighted by atomic mass is 9.86. The van der Waals surface area contributed by atoms with E-state index in [9.17, 15) is 14.7 Å². The van der Waals surface area contributed by atoms with Crippen molar-refractivity contribution in [3.05, 3.63) is 34.2 Å². The highest BCUT2D eigenvalue weighted by atomic mass is 16.3. The summed E-state index contributed by atoms with van der Waals surface area (Å²) in [4.78, 5) is 30.9. The third-order valence-corrected chi connectivity index (χ3v) is 5.24. The van der Waals surface area contributed by atoms with Crippen LogP contribution in [-0.2, 0) is 11.2 Å². The van der Waals surface area contributed by atoms with E-state index in [1.54, 1.807) is 4.90 Å². The Morgan fingerprint density at radius 1 is 1.24 bits per heavy atom. The van der Waals surface area contributed by atoms with Gasteiger partial charge >= 0.3 is 5.69 Å². The minimum atomic E-state index is -0.265. The molecule has 1 fully saturated rings. The second kappa shape index (κ2) is 7.87. The van der Waals surface area contributed by atoms with Crippen LogP contribution in [0.15, 0.2) is 23.0 Å². The molecule has 6 heteroatoms. The summed E-state index contributed by atoms with van der Waals surface area (Å²) in [7, 11) is 1.83. The second-order valence-corrected chi connectivity index (χ2v) is 7.20. The molecule has 1 heterocycles. The van der Waals surface area contributed by atoms with Crippen LogP contribution in [0.25, 0.3) is 11.0 Å². The van der Waals surface area contributed by atoms with Crippen LogP contribution in [0.3, 0.4) is 0 Å². The molecule has 2 aromatic rings. The van der Waals surface area contributed by atoms with Gasteiger partial charge in [-0.05, 0) is 43.4 Å². The Labute approximate surface area is 147 Å². The molecule has 2 unspecified atom stereocenters. The molecule has 0 aliphatic heterocycles. The average molecular weight is 345 g/mol. The molecule has 0 bridgehead atoms. The van der Waals surface area contributed by atoms with E-state index in [2.05, 4.69) is 9.97 Å². The minimum Gasteiger partial charge on any atom is -0.393 e. The molecule has 0 radical (unpaired) electrons. The van der Waals surface area contributed by atoms with Crippen molar-refractivity contribution in [2.75, 3.05) is 13.6 Å². The monoisotopic (exact) mass is 345 g/mol. The van der Waals surface area contributed by atoms with Gasteiger partial charge in [0.05, 0.1) is 17.1 Å². The maximum Gasteiger partial charge on any atom is 0.323 e. The van der Waals surface area contributed by atoms with Crippen molar-refractivity contribution in [1.82, 2.24) is 14.9 Å². The summed E-state index contributed by atoms with van der Waals surface area (Å²) in [6.45, 7) is 0.649. The van der Waals surface area contributed by atoms with E-state index >= 15 is 0 Å². The number of rotatable bonds is 6. The number of aromatic nitrogens is 2. The SMILES string of the molecule is CN(CC1CCCCC1O)C(=O)CCCc1ccc2[nH]c(=O)[nH]c2c1. The first kappa shape index (κ1) is 17.7. The van der Waals surface area contributed by atoms with Gasteiger partial charge in [-0.25, -0.2) is 4.79 Å². The predicted octanol–water partition coefficient (Wildman–Crippen LogP) is 2.19. The van der Waals surface area contributed by atoms with Crippen LogP contribution < -0.4 is 5.69 Å². The number of carbonyl (C=O) groups excluding carboxylic acids is 1. The Morgan fingerprint density at radius 2 is 2.00 bits per heavy atom. The number of amides is 1. The van der Waals surface area contributed by atoms with Crippen molar-refractivity contribution >= 4 is 16.9 Å². The van der Waals surface area contributed by atoms with Crippen LogP contribution in [0, 0.1) is 5.92 Å². The standard InChI is InChI=1S/C19H27N3O3/c1-22(12-14-6-2-3-7-17(14)23)18(24)8-4-5-13-9-10-15-16(11-13)21-19(25)20-15/h9-11,14,17,23H,2-8,12H2,1H3,(H2,20,21,25). The van der Waals surface area contributed by atoms with Crippen LogP contribution in [0.1, 0.15) is 44.1 Å². The van der Waals surface area contributed by atoms with Gasteiger partial charge in [-0.3, -0.25) is 4.79 Å². The summed E-state index contributed by atoms with van der Waals surface area (Å²) in [6.07, 6.45) is 5.91. The number of fused-ring (bicyclic) bond motifs is 1. The lowest BCUT2D eigenvalue weighted by Crippen LogP contribution is -2.38. The quantitative estimate of drug-likeness (QED) is 0.750. The zero-order valence-corrected chi connectivity index (χ0v) is 14.8. The number of nitrogens with zero attached hydrogens (tertiary/aromatic N) is 1. The Balaban J connectivity index is 1.46. The number of benzene rings is 1. The van der Waals surface area contributed by atoms with Gasteiger partial charge in [-0.2, -0.15) is 0 Å². The van der Waals surface area contributed by atoms with E-state index < -0.39 is 0 Å². The van der Waals surface area contributed by atoms with Crippen LogP contribution in [0.4, 0.5) is 0 Å². The lowest BCUT2D eigenvalue weighted by molar-refractivity contribution is -0.131.